The second-order valence-corrected chi connectivity index (χ2v) is 4.82. The number of hydrogen-bond donors (Lipinski definition) is 1. The van der Waals surface area contributed by atoms with Gasteiger partial charge in [-0.1, -0.05) is 6.92 Å². The topological polar surface area (TPSA) is 28.2 Å². The van der Waals surface area contributed by atoms with Gasteiger partial charge in [-0.2, -0.15) is 0 Å². The molecule has 0 aliphatic rings. The normalized spacial score (nSPS) is 13.1. The van der Waals surface area contributed by atoms with Crippen molar-refractivity contribution in [1.29, 1.82) is 0 Å². The summed E-state index contributed by atoms with van der Waals surface area (Å²) in [7, 11) is 2.17. The lowest BCUT2D eigenvalue weighted by Gasteiger charge is -2.23. The van der Waals surface area contributed by atoms with Gasteiger partial charge >= 0.3 is 0 Å². The molecule has 0 aromatic carbocycles. The van der Waals surface area contributed by atoms with E-state index in [4.69, 9.17) is 0 Å². The first kappa shape index (κ1) is 12.5. The smallest absolute Gasteiger partial charge is 0.182 e. The van der Waals surface area contributed by atoms with Gasteiger partial charge in [0, 0.05) is 24.5 Å². The van der Waals surface area contributed by atoms with Gasteiger partial charge in [-0.3, -0.25) is 0 Å². The molecule has 1 atom stereocenters. The maximum absolute atomic E-state index is 4.36. The molecule has 3 nitrogen and oxygen atoms in total. The second-order valence-electron chi connectivity index (χ2n) is 3.96. The molecular weight excluding hydrogens is 206 g/mol. The number of anilines is 1. The van der Waals surface area contributed by atoms with Crippen LogP contribution in [0.1, 0.15) is 26.0 Å². The van der Waals surface area contributed by atoms with Crippen molar-refractivity contribution in [2.24, 2.45) is 0 Å². The summed E-state index contributed by atoms with van der Waals surface area (Å²) in [6.07, 6.45) is 1.20. The van der Waals surface area contributed by atoms with Gasteiger partial charge in [0.1, 0.15) is 0 Å². The third-order valence-electron chi connectivity index (χ3n) is 2.70. The quantitative estimate of drug-likeness (QED) is 0.809. The van der Waals surface area contributed by atoms with Crippen LogP contribution >= 0.6 is 11.3 Å². The number of nitrogens with zero attached hydrogens (tertiary/aromatic N) is 2. The second kappa shape index (κ2) is 6.08. The molecule has 1 aromatic heterocycles. The molecule has 4 heteroatoms. The molecule has 1 heterocycles. The van der Waals surface area contributed by atoms with Gasteiger partial charge in [0.2, 0.25) is 0 Å². The van der Waals surface area contributed by atoms with Crippen LogP contribution in [-0.4, -0.2) is 36.1 Å². The van der Waals surface area contributed by atoms with Gasteiger partial charge in [0.25, 0.3) is 0 Å². The molecule has 1 aromatic rings. The van der Waals surface area contributed by atoms with E-state index in [0.717, 1.165) is 23.9 Å². The van der Waals surface area contributed by atoms with Gasteiger partial charge in [-0.05, 0) is 27.3 Å². The van der Waals surface area contributed by atoms with E-state index >= 15 is 0 Å². The molecule has 0 radical (unpaired) electrons. The van der Waals surface area contributed by atoms with Gasteiger partial charge in [-0.25, -0.2) is 4.98 Å². The first-order valence-electron chi connectivity index (χ1n) is 5.49. The van der Waals surface area contributed by atoms with Crippen molar-refractivity contribution < 1.29 is 0 Å². The number of aromatic nitrogens is 1. The van der Waals surface area contributed by atoms with Crippen LogP contribution in [0.25, 0.3) is 0 Å². The fourth-order valence-electron chi connectivity index (χ4n) is 1.31. The van der Waals surface area contributed by atoms with E-state index in [1.54, 1.807) is 11.3 Å². The minimum atomic E-state index is 0.657. The monoisotopic (exact) mass is 227 g/mol. The van der Waals surface area contributed by atoms with Crippen LogP contribution < -0.4 is 5.32 Å². The Balaban J connectivity index is 2.21. The highest BCUT2D eigenvalue weighted by atomic mass is 32.1. The number of likely N-dealkylation sites (N-methyl/N-ethyl adjacent to an activating group) is 1. The highest BCUT2D eigenvalue weighted by Crippen LogP contribution is 2.13. The minimum absolute atomic E-state index is 0.657. The average Bonchev–Trinajstić information content (AvgIpc) is 2.63. The fourth-order valence-corrected chi connectivity index (χ4v) is 2.02. The standard InChI is InChI=1S/C11H21N3S/c1-5-10(3)14(4)7-6-12-11-13-9(2)8-15-11/h8,10H,5-7H2,1-4H3,(H,12,13). The van der Waals surface area contributed by atoms with Crippen molar-refractivity contribution in [1.82, 2.24) is 9.88 Å². The van der Waals surface area contributed by atoms with Crippen LogP contribution in [0.5, 0.6) is 0 Å². The fraction of sp³-hybridized carbons (Fsp3) is 0.727. The molecule has 0 aliphatic carbocycles. The summed E-state index contributed by atoms with van der Waals surface area (Å²) in [5.41, 5.74) is 1.10. The van der Waals surface area contributed by atoms with E-state index in [1.807, 2.05) is 6.92 Å². The Kier molecular flexibility index (Phi) is 5.05. The van der Waals surface area contributed by atoms with Crippen molar-refractivity contribution in [3.63, 3.8) is 0 Å². The van der Waals surface area contributed by atoms with Gasteiger partial charge in [0.05, 0.1) is 5.69 Å². The third-order valence-corrected chi connectivity index (χ3v) is 3.62. The number of nitrogens with one attached hydrogen (secondary N) is 1. The van der Waals surface area contributed by atoms with Crippen molar-refractivity contribution in [2.75, 3.05) is 25.5 Å². The third kappa shape index (κ3) is 4.18. The van der Waals surface area contributed by atoms with Crippen LogP contribution in [-0.2, 0) is 0 Å². The van der Waals surface area contributed by atoms with E-state index in [9.17, 15) is 0 Å². The highest BCUT2D eigenvalue weighted by molar-refractivity contribution is 7.13. The van der Waals surface area contributed by atoms with E-state index in [1.165, 1.54) is 6.42 Å². The summed E-state index contributed by atoms with van der Waals surface area (Å²) in [4.78, 5) is 6.73. The van der Waals surface area contributed by atoms with E-state index < -0.39 is 0 Å². The van der Waals surface area contributed by atoms with Gasteiger partial charge in [0.15, 0.2) is 5.13 Å². The lowest BCUT2D eigenvalue weighted by molar-refractivity contribution is 0.261. The van der Waals surface area contributed by atoms with Gasteiger partial charge < -0.3 is 10.2 Å². The summed E-state index contributed by atoms with van der Waals surface area (Å²) in [6.45, 7) is 8.53. The summed E-state index contributed by atoms with van der Waals surface area (Å²) in [6, 6.07) is 0.657. The number of aryl methyl sites for hydroxylation is 1. The largest absolute Gasteiger partial charge is 0.360 e. The van der Waals surface area contributed by atoms with Gasteiger partial charge in [-0.15, -0.1) is 11.3 Å². The molecule has 0 bridgehead atoms. The lowest BCUT2D eigenvalue weighted by Crippen LogP contribution is -2.32. The number of rotatable bonds is 6. The average molecular weight is 227 g/mol. The zero-order chi connectivity index (χ0) is 11.3. The Labute approximate surface area is 96.5 Å². The summed E-state index contributed by atoms with van der Waals surface area (Å²) in [5, 5.41) is 6.44. The predicted octanol–water partition coefficient (Wildman–Crippen LogP) is 2.59. The zero-order valence-electron chi connectivity index (χ0n) is 10.1. The molecule has 86 valence electrons. The lowest BCUT2D eigenvalue weighted by atomic mass is 10.2. The van der Waals surface area contributed by atoms with Crippen molar-refractivity contribution in [3.8, 4) is 0 Å². The number of hydrogen-bond acceptors (Lipinski definition) is 4. The first-order valence-corrected chi connectivity index (χ1v) is 6.37. The molecule has 0 spiro atoms. The molecule has 1 unspecified atom stereocenters. The molecular formula is C11H21N3S. The van der Waals surface area contributed by atoms with Crippen LogP contribution in [0.3, 0.4) is 0 Å². The molecule has 0 saturated carbocycles. The van der Waals surface area contributed by atoms with E-state index in [2.05, 4.69) is 41.5 Å². The molecule has 0 aliphatic heterocycles. The van der Waals surface area contributed by atoms with Crippen molar-refractivity contribution in [3.05, 3.63) is 11.1 Å². The Morgan fingerprint density at radius 1 is 1.60 bits per heavy atom. The van der Waals surface area contributed by atoms with E-state index in [-0.39, 0.29) is 0 Å². The maximum atomic E-state index is 4.36. The molecule has 0 saturated heterocycles. The molecule has 15 heavy (non-hydrogen) atoms. The Morgan fingerprint density at radius 3 is 2.87 bits per heavy atom. The first-order chi connectivity index (χ1) is 7.13. The zero-order valence-corrected chi connectivity index (χ0v) is 10.9. The molecule has 0 amide bonds. The van der Waals surface area contributed by atoms with Crippen molar-refractivity contribution in [2.45, 2.75) is 33.2 Å². The summed E-state index contributed by atoms with van der Waals surface area (Å²) >= 11 is 1.67. The maximum Gasteiger partial charge on any atom is 0.182 e. The van der Waals surface area contributed by atoms with Crippen LogP contribution in [0.4, 0.5) is 5.13 Å². The van der Waals surface area contributed by atoms with E-state index in [0.29, 0.717) is 6.04 Å². The number of thiazole rings is 1. The Morgan fingerprint density at radius 2 is 2.33 bits per heavy atom. The predicted molar refractivity (Wildman–Crippen MR) is 67.7 cm³/mol. The SMILES string of the molecule is CCC(C)N(C)CCNc1nc(C)cs1. The summed E-state index contributed by atoms with van der Waals surface area (Å²) < 4.78 is 0. The highest BCUT2D eigenvalue weighted by Gasteiger charge is 2.05. The molecule has 0 fully saturated rings. The van der Waals surface area contributed by atoms with Crippen LogP contribution in [0.15, 0.2) is 5.38 Å². The Hall–Kier alpha value is -0.610. The Bertz CT molecular complexity index is 285. The van der Waals surface area contributed by atoms with Crippen LogP contribution in [0, 0.1) is 6.92 Å². The molecule has 1 rings (SSSR count). The van der Waals surface area contributed by atoms with Crippen LogP contribution in [0.2, 0.25) is 0 Å². The minimum Gasteiger partial charge on any atom is -0.360 e. The molecule has 1 N–H and O–H groups in total. The van der Waals surface area contributed by atoms with Crippen molar-refractivity contribution >= 4 is 16.5 Å². The summed E-state index contributed by atoms with van der Waals surface area (Å²) in [5.74, 6) is 0.